The number of methoxy groups -OCH3 is 1. The first-order valence-corrected chi connectivity index (χ1v) is 16.4. The van der Waals surface area contributed by atoms with Crippen LogP contribution in [0.1, 0.15) is 28.9 Å². The van der Waals surface area contributed by atoms with Gasteiger partial charge in [0, 0.05) is 68.4 Å². The number of fused-ring (bicyclic) bond motifs is 1. The molecule has 48 heavy (non-hydrogen) atoms. The van der Waals surface area contributed by atoms with Crippen LogP contribution in [0.15, 0.2) is 79.1 Å². The first-order chi connectivity index (χ1) is 23.4. The van der Waals surface area contributed by atoms with Gasteiger partial charge in [-0.05, 0) is 47.9 Å². The number of ether oxygens (including phenoxy) is 1. The number of amides is 2. The SMILES string of the molecule is COc1ccccc1-c1cc(C2=CCCN(C(=O)CCn3ccnn3)C2)c(F)c2[nH]c(C(=O)N3CCN(c4ccccc4Cl)CC3)cc12. The summed E-state index contributed by atoms with van der Waals surface area (Å²) in [4.78, 5) is 35.9. The van der Waals surface area contributed by atoms with Gasteiger partial charge in [-0.3, -0.25) is 14.3 Å². The van der Waals surface area contributed by atoms with Crippen molar-refractivity contribution < 1.29 is 18.7 Å². The molecule has 5 aromatic rings. The lowest BCUT2D eigenvalue weighted by Gasteiger charge is -2.36. The molecule has 0 saturated carbocycles. The lowest BCUT2D eigenvalue weighted by molar-refractivity contribution is -0.131. The van der Waals surface area contributed by atoms with E-state index in [0.717, 1.165) is 16.8 Å². The van der Waals surface area contributed by atoms with Crippen LogP contribution in [0.5, 0.6) is 5.75 Å². The second kappa shape index (κ2) is 13.5. The molecule has 0 aliphatic carbocycles. The molecule has 0 radical (unpaired) electrons. The Hall–Kier alpha value is -5.16. The summed E-state index contributed by atoms with van der Waals surface area (Å²) >= 11 is 6.42. The molecule has 2 aromatic heterocycles. The van der Waals surface area contributed by atoms with Crippen LogP contribution in [-0.4, -0.2) is 88.0 Å². The zero-order valence-electron chi connectivity index (χ0n) is 26.5. The Morgan fingerprint density at radius 3 is 2.52 bits per heavy atom. The van der Waals surface area contributed by atoms with Crippen molar-refractivity contribution in [3.05, 3.63) is 101 Å². The first kappa shape index (κ1) is 31.4. The molecule has 0 atom stereocenters. The second-order valence-corrected chi connectivity index (χ2v) is 12.3. The van der Waals surface area contributed by atoms with Gasteiger partial charge in [0.05, 0.1) is 36.1 Å². The number of rotatable bonds is 8. The van der Waals surface area contributed by atoms with Gasteiger partial charge in [-0.2, -0.15) is 0 Å². The number of carbonyl (C=O) groups excluding carboxylic acids is 2. The lowest BCUT2D eigenvalue weighted by Crippen LogP contribution is -2.49. The number of hydrogen-bond acceptors (Lipinski definition) is 6. The van der Waals surface area contributed by atoms with E-state index in [1.165, 1.54) is 0 Å². The molecule has 1 fully saturated rings. The Bertz CT molecular complexity index is 2000. The average Bonchev–Trinajstić information content (AvgIpc) is 3.82. The Morgan fingerprint density at radius 1 is 0.958 bits per heavy atom. The summed E-state index contributed by atoms with van der Waals surface area (Å²) in [7, 11) is 1.60. The number of para-hydroxylation sites is 2. The van der Waals surface area contributed by atoms with Gasteiger partial charge in [-0.1, -0.05) is 53.2 Å². The number of piperazine rings is 1. The van der Waals surface area contributed by atoms with Crippen LogP contribution in [0, 0.1) is 5.82 Å². The quantitative estimate of drug-likeness (QED) is 0.221. The van der Waals surface area contributed by atoms with E-state index >= 15 is 4.39 Å². The van der Waals surface area contributed by atoms with E-state index in [9.17, 15) is 9.59 Å². The van der Waals surface area contributed by atoms with Crippen molar-refractivity contribution in [2.24, 2.45) is 0 Å². The maximum atomic E-state index is 16.6. The van der Waals surface area contributed by atoms with Crippen LogP contribution >= 0.6 is 11.6 Å². The number of aryl methyl sites for hydroxylation is 1. The van der Waals surface area contributed by atoms with Gasteiger partial charge in [0.25, 0.3) is 5.91 Å². The molecule has 12 heteroatoms. The lowest BCUT2D eigenvalue weighted by atomic mass is 9.93. The minimum atomic E-state index is -0.464. The summed E-state index contributed by atoms with van der Waals surface area (Å²) < 4.78 is 23.9. The van der Waals surface area contributed by atoms with Gasteiger partial charge in [-0.15, -0.1) is 5.10 Å². The highest BCUT2D eigenvalue weighted by molar-refractivity contribution is 6.33. The van der Waals surface area contributed by atoms with Crippen LogP contribution in [0.2, 0.25) is 5.02 Å². The Kier molecular flexibility index (Phi) is 8.86. The summed E-state index contributed by atoms with van der Waals surface area (Å²) in [5.74, 6) is -0.0685. The number of benzene rings is 3. The number of aromatic nitrogens is 4. The van der Waals surface area contributed by atoms with Crippen molar-refractivity contribution in [1.82, 2.24) is 29.8 Å². The van der Waals surface area contributed by atoms with Crippen LogP contribution in [0.3, 0.4) is 0 Å². The fourth-order valence-corrected chi connectivity index (χ4v) is 6.86. The number of aromatic amines is 1. The van der Waals surface area contributed by atoms with Crippen molar-refractivity contribution in [3.63, 3.8) is 0 Å². The number of H-pyrrole nitrogens is 1. The number of halogens is 2. The molecule has 4 heterocycles. The standard InChI is InChI=1S/C36H35ClFN7O3/c1-48-32-11-5-2-8-25(32)27-21-26(24-7-6-14-44(23-24)33(46)12-15-45-16-13-39-41-45)34(38)35-28(27)22-30(40-35)36(47)43-19-17-42(18-20-43)31-10-4-3-9-29(31)37/h2-5,7-11,13,16,21-22,40H,6,12,14-15,17-20,23H2,1H3. The van der Waals surface area contributed by atoms with Crippen molar-refractivity contribution in [3.8, 4) is 16.9 Å². The monoisotopic (exact) mass is 667 g/mol. The molecule has 7 rings (SSSR count). The van der Waals surface area contributed by atoms with Crippen LogP contribution in [-0.2, 0) is 11.3 Å². The van der Waals surface area contributed by atoms with E-state index in [2.05, 4.69) is 20.2 Å². The highest BCUT2D eigenvalue weighted by Crippen LogP contribution is 2.40. The number of carbonyl (C=O) groups is 2. The third-order valence-electron chi connectivity index (χ3n) is 9.12. The summed E-state index contributed by atoms with van der Waals surface area (Å²) in [5.41, 5.74) is 4.09. The normalized spacial score (nSPS) is 15.1. The first-order valence-electron chi connectivity index (χ1n) is 16.0. The zero-order chi connectivity index (χ0) is 33.2. The molecular formula is C36H35ClFN7O3. The minimum Gasteiger partial charge on any atom is -0.496 e. The highest BCUT2D eigenvalue weighted by Gasteiger charge is 2.28. The molecule has 0 unspecified atom stereocenters. The molecular weight excluding hydrogens is 633 g/mol. The zero-order valence-corrected chi connectivity index (χ0v) is 27.3. The second-order valence-electron chi connectivity index (χ2n) is 11.9. The van der Waals surface area contributed by atoms with E-state index in [1.54, 1.807) is 40.1 Å². The Labute approximate surface area is 282 Å². The fourth-order valence-electron chi connectivity index (χ4n) is 6.60. The van der Waals surface area contributed by atoms with E-state index in [1.807, 2.05) is 60.7 Å². The highest BCUT2D eigenvalue weighted by atomic mass is 35.5. The number of nitrogens with one attached hydrogen (secondary N) is 1. The van der Waals surface area contributed by atoms with E-state index in [-0.39, 0.29) is 30.3 Å². The largest absolute Gasteiger partial charge is 0.496 e. The summed E-state index contributed by atoms with van der Waals surface area (Å²) in [6.45, 7) is 3.49. The van der Waals surface area contributed by atoms with Crippen molar-refractivity contribution in [2.45, 2.75) is 19.4 Å². The van der Waals surface area contributed by atoms with E-state index < -0.39 is 5.82 Å². The molecule has 0 spiro atoms. The topological polar surface area (TPSA) is 99.6 Å². The molecule has 2 aliphatic rings. The Morgan fingerprint density at radius 2 is 1.75 bits per heavy atom. The van der Waals surface area contributed by atoms with Gasteiger partial charge >= 0.3 is 0 Å². The molecule has 2 aliphatic heterocycles. The molecule has 3 aromatic carbocycles. The van der Waals surface area contributed by atoms with Gasteiger partial charge in [0.1, 0.15) is 11.4 Å². The predicted octanol–water partition coefficient (Wildman–Crippen LogP) is 5.90. The average molecular weight is 668 g/mol. The summed E-state index contributed by atoms with van der Waals surface area (Å²) in [6.07, 6.45) is 6.14. The van der Waals surface area contributed by atoms with Crippen molar-refractivity contribution in [2.75, 3.05) is 51.3 Å². The molecule has 246 valence electrons. The predicted molar refractivity (Wildman–Crippen MR) is 184 cm³/mol. The third kappa shape index (κ3) is 6.13. The van der Waals surface area contributed by atoms with E-state index in [0.29, 0.717) is 78.7 Å². The molecule has 1 saturated heterocycles. The fraction of sp³-hybridized carbons (Fsp3) is 0.278. The summed E-state index contributed by atoms with van der Waals surface area (Å²) in [5, 5.41) is 8.99. The van der Waals surface area contributed by atoms with Crippen LogP contribution in [0.4, 0.5) is 10.1 Å². The van der Waals surface area contributed by atoms with Gasteiger partial charge in [0.15, 0.2) is 5.82 Å². The number of hydrogen-bond donors (Lipinski definition) is 1. The maximum absolute atomic E-state index is 16.6. The molecule has 2 amide bonds. The van der Waals surface area contributed by atoms with Crippen molar-refractivity contribution >= 4 is 45.6 Å². The van der Waals surface area contributed by atoms with Crippen LogP contribution < -0.4 is 9.64 Å². The minimum absolute atomic E-state index is 0.0371. The number of anilines is 1. The van der Waals surface area contributed by atoms with Crippen LogP contribution in [0.25, 0.3) is 27.6 Å². The van der Waals surface area contributed by atoms with Gasteiger partial charge in [-0.25, -0.2) is 4.39 Å². The molecule has 1 N–H and O–H groups in total. The van der Waals surface area contributed by atoms with Gasteiger partial charge < -0.3 is 24.4 Å². The van der Waals surface area contributed by atoms with E-state index in [4.69, 9.17) is 16.3 Å². The smallest absolute Gasteiger partial charge is 0.270 e. The maximum Gasteiger partial charge on any atom is 0.270 e. The number of nitrogens with zero attached hydrogens (tertiary/aromatic N) is 6. The Balaban J connectivity index is 1.20. The van der Waals surface area contributed by atoms with Gasteiger partial charge in [0.2, 0.25) is 5.91 Å². The molecule has 10 nitrogen and oxygen atoms in total. The van der Waals surface area contributed by atoms with Crippen molar-refractivity contribution in [1.29, 1.82) is 0 Å². The molecule has 0 bridgehead atoms. The third-order valence-corrected chi connectivity index (χ3v) is 9.44. The summed E-state index contributed by atoms with van der Waals surface area (Å²) in [6, 6.07) is 18.8.